The quantitative estimate of drug-likeness (QED) is 0.789. The van der Waals surface area contributed by atoms with Crippen molar-refractivity contribution in [2.75, 3.05) is 59.0 Å². The largest absolute Gasteiger partial charge is 0.492 e. The van der Waals surface area contributed by atoms with Gasteiger partial charge in [0, 0.05) is 32.7 Å². The number of hydrogen-bond acceptors (Lipinski definition) is 4. The number of piperidine rings is 1. The normalized spacial score (nSPS) is 20.6. The number of ether oxygens (including phenoxy) is 1. The Morgan fingerprint density at radius 1 is 1.00 bits per heavy atom. The van der Waals surface area contributed by atoms with E-state index in [1.54, 1.807) is 0 Å². The van der Waals surface area contributed by atoms with Gasteiger partial charge in [-0.2, -0.15) is 0 Å². The molecular formula is C20H31N3O2. The van der Waals surface area contributed by atoms with E-state index in [2.05, 4.69) is 16.7 Å². The topological polar surface area (TPSA) is 36.0 Å². The molecule has 0 atom stereocenters. The molecule has 2 fully saturated rings. The lowest BCUT2D eigenvalue weighted by Gasteiger charge is -2.36. The van der Waals surface area contributed by atoms with E-state index >= 15 is 0 Å². The first kappa shape index (κ1) is 18.2. The molecule has 0 N–H and O–H groups in total. The Kier molecular flexibility index (Phi) is 6.70. The van der Waals surface area contributed by atoms with E-state index < -0.39 is 0 Å². The Labute approximate surface area is 151 Å². The minimum atomic E-state index is 0.301. The highest BCUT2D eigenvalue weighted by atomic mass is 16.5. The van der Waals surface area contributed by atoms with Gasteiger partial charge in [-0.25, -0.2) is 0 Å². The number of hydrogen-bond donors (Lipinski definition) is 0. The van der Waals surface area contributed by atoms with E-state index in [9.17, 15) is 4.79 Å². The fraction of sp³-hybridized carbons (Fsp3) is 0.650. The van der Waals surface area contributed by atoms with Crippen molar-refractivity contribution in [3.8, 4) is 5.75 Å². The molecule has 5 heteroatoms. The van der Waals surface area contributed by atoms with Crippen molar-refractivity contribution in [3.05, 3.63) is 30.3 Å². The minimum Gasteiger partial charge on any atom is -0.492 e. The molecule has 2 aliphatic rings. The molecule has 0 radical (unpaired) electrons. The molecule has 3 rings (SSSR count). The molecule has 1 aromatic carbocycles. The summed E-state index contributed by atoms with van der Waals surface area (Å²) in [5, 5.41) is 0. The second kappa shape index (κ2) is 9.20. The Hall–Kier alpha value is -1.59. The van der Waals surface area contributed by atoms with Crippen molar-refractivity contribution in [1.82, 2.24) is 14.7 Å². The second-order valence-corrected chi connectivity index (χ2v) is 7.34. The van der Waals surface area contributed by atoms with Crippen molar-refractivity contribution in [2.45, 2.75) is 19.8 Å². The van der Waals surface area contributed by atoms with Crippen LogP contribution in [0.25, 0.3) is 0 Å². The minimum absolute atomic E-state index is 0.301. The van der Waals surface area contributed by atoms with Crippen LogP contribution in [0.15, 0.2) is 30.3 Å². The van der Waals surface area contributed by atoms with Crippen LogP contribution in [0.2, 0.25) is 0 Å². The first-order valence-electron chi connectivity index (χ1n) is 9.61. The van der Waals surface area contributed by atoms with Crippen molar-refractivity contribution in [2.24, 2.45) is 5.92 Å². The van der Waals surface area contributed by atoms with Crippen molar-refractivity contribution in [3.63, 3.8) is 0 Å². The molecule has 2 heterocycles. The Bertz CT molecular complexity index is 521. The molecule has 1 amide bonds. The van der Waals surface area contributed by atoms with Crippen molar-refractivity contribution < 1.29 is 9.53 Å². The van der Waals surface area contributed by atoms with Gasteiger partial charge in [0.1, 0.15) is 12.4 Å². The molecule has 25 heavy (non-hydrogen) atoms. The van der Waals surface area contributed by atoms with Gasteiger partial charge in [-0.3, -0.25) is 14.6 Å². The van der Waals surface area contributed by atoms with Gasteiger partial charge < -0.3 is 9.64 Å². The standard InChI is InChI=1S/C20H31N3O2/c1-18-7-9-22(10-8-18)17-20(24)23-13-11-21(12-14-23)15-16-25-19-5-3-2-4-6-19/h2-6,18H,7-17H2,1H3. The van der Waals surface area contributed by atoms with Gasteiger partial charge in [0.2, 0.25) is 5.91 Å². The van der Waals surface area contributed by atoms with Crippen molar-refractivity contribution >= 4 is 5.91 Å². The average molecular weight is 345 g/mol. The van der Waals surface area contributed by atoms with Crippen LogP contribution in [0.5, 0.6) is 5.75 Å². The van der Waals surface area contributed by atoms with Crippen LogP contribution < -0.4 is 4.74 Å². The number of amides is 1. The third-order valence-corrected chi connectivity index (χ3v) is 5.38. The van der Waals surface area contributed by atoms with E-state index in [1.165, 1.54) is 12.8 Å². The maximum atomic E-state index is 12.5. The summed E-state index contributed by atoms with van der Waals surface area (Å²) >= 11 is 0. The van der Waals surface area contributed by atoms with Crippen molar-refractivity contribution in [1.29, 1.82) is 0 Å². The zero-order chi connectivity index (χ0) is 17.5. The lowest BCUT2D eigenvalue weighted by Crippen LogP contribution is -2.52. The Morgan fingerprint density at radius 2 is 1.68 bits per heavy atom. The Morgan fingerprint density at radius 3 is 2.36 bits per heavy atom. The predicted molar refractivity (Wildman–Crippen MR) is 99.8 cm³/mol. The third-order valence-electron chi connectivity index (χ3n) is 5.38. The summed E-state index contributed by atoms with van der Waals surface area (Å²) in [6, 6.07) is 9.94. The maximum Gasteiger partial charge on any atom is 0.236 e. The molecular weight excluding hydrogens is 314 g/mol. The van der Waals surface area contributed by atoms with Crippen LogP contribution in [-0.2, 0) is 4.79 Å². The van der Waals surface area contributed by atoms with Gasteiger partial charge in [0.05, 0.1) is 6.54 Å². The molecule has 2 aliphatic heterocycles. The van der Waals surface area contributed by atoms with E-state index in [0.29, 0.717) is 19.1 Å². The average Bonchev–Trinajstić information content (AvgIpc) is 2.65. The number of likely N-dealkylation sites (tertiary alicyclic amines) is 1. The number of benzene rings is 1. The molecule has 0 aliphatic carbocycles. The number of para-hydroxylation sites is 1. The van der Waals surface area contributed by atoms with Crippen LogP contribution in [0.4, 0.5) is 0 Å². The second-order valence-electron chi connectivity index (χ2n) is 7.34. The SMILES string of the molecule is CC1CCN(CC(=O)N2CCN(CCOc3ccccc3)CC2)CC1. The highest BCUT2D eigenvalue weighted by Gasteiger charge is 2.24. The number of rotatable bonds is 6. The number of carbonyl (C=O) groups is 1. The van der Waals surface area contributed by atoms with Crippen LogP contribution >= 0.6 is 0 Å². The van der Waals surface area contributed by atoms with Gasteiger partial charge in [-0.15, -0.1) is 0 Å². The first-order chi connectivity index (χ1) is 12.2. The zero-order valence-corrected chi connectivity index (χ0v) is 15.4. The van der Waals surface area contributed by atoms with Gasteiger partial charge >= 0.3 is 0 Å². The molecule has 0 saturated carbocycles. The summed E-state index contributed by atoms with van der Waals surface area (Å²) in [7, 11) is 0. The van der Waals surface area contributed by atoms with E-state index in [0.717, 1.165) is 57.5 Å². The van der Waals surface area contributed by atoms with Crippen LogP contribution in [0.3, 0.4) is 0 Å². The van der Waals surface area contributed by atoms with Gasteiger partial charge in [0.15, 0.2) is 0 Å². The van der Waals surface area contributed by atoms with Crippen LogP contribution in [0.1, 0.15) is 19.8 Å². The monoisotopic (exact) mass is 345 g/mol. The zero-order valence-electron chi connectivity index (χ0n) is 15.4. The van der Waals surface area contributed by atoms with Gasteiger partial charge in [0.25, 0.3) is 0 Å². The van der Waals surface area contributed by atoms with Gasteiger partial charge in [-0.05, 0) is 44.0 Å². The van der Waals surface area contributed by atoms with E-state index in [-0.39, 0.29) is 0 Å². The molecule has 2 saturated heterocycles. The lowest BCUT2D eigenvalue weighted by atomic mass is 9.99. The number of nitrogens with zero attached hydrogens (tertiary/aromatic N) is 3. The summed E-state index contributed by atoms with van der Waals surface area (Å²) in [6.45, 7) is 10.2. The summed E-state index contributed by atoms with van der Waals surface area (Å²) in [5.41, 5.74) is 0. The fourth-order valence-corrected chi connectivity index (χ4v) is 3.54. The van der Waals surface area contributed by atoms with E-state index in [4.69, 9.17) is 4.74 Å². The third kappa shape index (κ3) is 5.72. The summed E-state index contributed by atoms with van der Waals surface area (Å²) < 4.78 is 5.76. The number of piperazine rings is 1. The smallest absolute Gasteiger partial charge is 0.236 e. The maximum absolute atomic E-state index is 12.5. The summed E-state index contributed by atoms with van der Waals surface area (Å²) in [5.74, 6) is 2.04. The fourth-order valence-electron chi connectivity index (χ4n) is 3.54. The van der Waals surface area contributed by atoms with Crippen LogP contribution in [-0.4, -0.2) is 79.6 Å². The molecule has 1 aromatic rings. The lowest BCUT2D eigenvalue weighted by molar-refractivity contribution is -0.134. The molecule has 138 valence electrons. The highest BCUT2D eigenvalue weighted by Crippen LogP contribution is 2.16. The predicted octanol–water partition coefficient (Wildman–Crippen LogP) is 1.94. The highest BCUT2D eigenvalue weighted by molar-refractivity contribution is 5.78. The molecule has 5 nitrogen and oxygen atoms in total. The van der Waals surface area contributed by atoms with Crippen LogP contribution in [0, 0.1) is 5.92 Å². The summed E-state index contributed by atoms with van der Waals surface area (Å²) in [6.07, 6.45) is 2.45. The molecule has 0 bridgehead atoms. The molecule has 0 aromatic heterocycles. The Balaban J connectivity index is 1.32. The first-order valence-corrected chi connectivity index (χ1v) is 9.61. The molecule has 0 spiro atoms. The van der Waals surface area contributed by atoms with Gasteiger partial charge in [-0.1, -0.05) is 25.1 Å². The van der Waals surface area contributed by atoms with E-state index in [1.807, 2.05) is 35.2 Å². The number of carbonyl (C=O) groups excluding carboxylic acids is 1. The summed E-state index contributed by atoms with van der Waals surface area (Å²) in [4.78, 5) is 19.2. The molecule has 0 unspecified atom stereocenters.